The van der Waals surface area contributed by atoms with Crippen molar-refractivity contribution in [3.63, 3.8) is 0 Å². The van der Waals surface area contributed by atoms with Crippen LogP contribution < -0.4 is 15.2 Å². The Morgan fingerprint density at radius 2 is 2.00 bits per heavy atom. The summed E-state index contributed by atoms with van der Waals surface area (Å²) >= 11 is 0. The molecular formula is C14H23NO3. The van der Waals surface area contributed by atoms with Crippen LogP contribution in [0.15, 0.2) is 18.2 Å². The molecule has 1 aromatic rings. The summed E-state index contributed by atoms with van der Waals surface area (Å²) < 4.78 is 16.4. The molecule has 0 fully saturated rings. The van der Waals surface area contributed by atoms with Crippen LogP contribution in [-0.4, -0.2) is 33.0 Å². The zero-order chi connectivity index (χ0) is 13.4. The molecule has 1 rings (SSSR count). The zero-order valence-corrected chi connectivity index (χ0v) is 11.4. The lowest BCUT2D eigenvalue weighted by Crippen LogP contribution is -2.16. The molecule has 1 unspecified atom stereocenters. The van der Waals surface area contributed by atoms with Gasteiger partial charge in [-0.1, -0.05) is 6.07 Å². The van der Waals surface area contributed by atoms with Gasteiger partial charge in [0.2, 0.25) is 0 Å². The summed E-state index contributed by atoms with van der Waals surface area (Å²) in [7, 11) is 1.67. The first-order chi connectivity index (χ1) is 8.71. The number of methoxy groups -OCH3 is 1. The van der Waals surface area contributed by atoms with Crippen LogP contribution in [0.4, 0.5) is 0 Å². The third kappa shape index (κ3) is 4.55. The molecular weight excluding hydrogens is 230 g/mol. The molecule has 18 heavy (non-hydrogen) atoms. The quantitative estimate of drug-likeness (QED) is 0.770. The van der Waals surface area contributed by atoms with Crippen molar-refractivity contribution in [2.45, 2.75) is 26.4 Å². The highest BCUT2D eigenvalue weighted by Crippen LogP contribution is 2.28. The number of hydrogen-bond donors (Lipinski definition) is 1. The van der Waals surface area contributed by atoms with Crippen molar-refractivity contribution >= 4 is 0 Å². The van der Waals surface area contributed by atoms with Crippen molar-refractivity contribution in [2.75, 3.05) is 26.9 Å². The van der Waals surface area contributed by atoms with Gasteiger partial charge in [-0.15, -0.1) is 0 Å². The van der Waals surface area contributed by atoms with Crippen molar-refractivity contribution in [3.05, 3.63) is 23.8 Å². The molecule has 4 heteroatoms. The third-order valence-corrected chi connectivity index (χ3v) is 2.62. The van der Waals surface area contributed by atoms with Gasteiger partial charge in [-0.05, 0) is 44.5 Å². The lowest BCUT2D eigenvalue weighted by molar-refractivity contribution is 0.0703. The SMILES string of the molecule is CCOc1cc(CCN)ccc1OCC(C)OC. The van der Waals surface area contributed by atoms with E-state index in [0.29, 0.717) is 19.8 Å². The van der Waals surface area contributed by atoms with Crippen LogP contribution in [0.1, 0.15) is 19.4 Å². The van der Waals surface area contributed by atoms with E-state index in [-0.39, 0.29) is 6.10 Å². The molecule has 0 aliphatic heterocycles. The van der Waals surface area contributed by atoms with Crippen LogP contribution >= 0.6 is 0 Å². The van der Waals surface area contributed by atoms with E-state index in [1.807, 2.05) is 32.0 Å². The fraction of sp³-hybridized carbons (Fsp3) is 0.571. The maximum atomic E-state index is 5.69. The van der Waals surface area contributed by atoms with Crippen molar-refractivity contribution in [1.82, 2.24) is 0 Å². The topological polar surface area (TPSA) is 53.7 Å². The minimum atomic E-state index is 0.0585. The van der Waals surface area contributed by atoms with E-state index >= 15 is 0 Å². The fourth-order valence-corrected chi connectivity index (χ4v) is 1.54. The number of hydrogen-bond acceptors (Lipinski definition) is 4. The molecule has 0 spiro atoms. The third-order valence-electron chi connectivity index (χ3n) is 2.62. The maximum absolute atomic E-state index is 5.69. The Morgan fingerprint density at radius 3 is 2.61 bits per heavy atom. The summed E-state index contributed by atoms with van der Waals surface area (Å²) in [5.41, 5.74) is 6.71. The maximum Gasteiger partial charge on any atom is 0.161 e. The first kappa shape index (κ1) is 14.8. The molecule has 1 aromatic carbocycles. The second kappa shape index (κ2) is 7.95. The second-order valence-corrected chi connectivity index (χ2v) is 4.11. The van der Waals surface area contributed by atoms with Crippen LogP contribution in [0, 0.1) is 0 Å². The lowest BCUT2D eigenvalue weighted by Gasteiger charge is -2.15. The summed E-state index contributed by atoms with van der Waals surface area (Å²) in [5, 5.41) is 0. The smallest absolute Gasteiger partial charge is 0.161 e. The molecule has 0 aromatic heterocycles. The first-order valence-corrected chi connectivity index (χ1v) is 6.32. The Morgan fingerprint density at radius 1 is 1.22 bits per heavy atom. The summed E-state index contributed by atoms with van der Waals surface area (Å²) in [5.74, 6) is 1.52. The van der Waals surface area contributed by atoms with Gasteiger partial charge in [0, 0.05) is 7.11 Å². The van der Waals surface area contributed by atoms with Gasteiger partial charge >= 0.3 is 0 Å². The van der Waals surface area contributed by atoms with E-state index in [2.05, 4.69) is 0 Å². The van der Waals surface area contributed by atoms with Gasteiger partial charge in [0.25, 0.3) is 0 Å². The van der Waals surface area contributed by atoms with Crippen LogP contribution in [0.25, 0.3) is 0 Å². The van der Waals surface area contributed by atoms with Crippen LogP contribution in [0.5, 0.6) is 11.5 Å². The highest BCUT2D eigenvalue weighted by atomic mass is 16.5. The standard InChI is InChI=1S/C14H23NO3/c1-4-17-14-9-12(7-8-15)5-6-13(14)18-10-11(2)16-3/h5-6,9,11H,4,7-8,10,15H2,1-3H3. The van der Waals surface area contributed by atoms with Gasteiger partial charge in [-0.2, -0.15) is 0 Å². The summed E-state index contributed by atoms with van der Waals surface area (Å²) in [6.45, 7) is 5.67. The van der Waals surface area contributed by atoms with Crippen molar-refractivity contribution in [1.29, 1.82) is 0 Å². The Kier molecular flexibility index (Phi) is 6.54. The number of nitrogens with two attached hydrogens (primary N) is 1. The molecule has 0 saturated heterocycles. The molecule has 0 heterocycles. The Balaban J connectivity index is 2.75. The molecule has 0 bridgehead atoms. The molecule has 0 amide bonds. The van der Waals surface area contributed by atoms with Crippen molar-refractivity contribution < 1.29 is 14.2 Å². The average molecular weight is 253 g/mol. The number of rotatable bonds is 8. The monoisotopic (exact) mass is 253 g/mol. The highest BCUT2D eigenvalue weighted by Gasteiger charge is 2.08. The van der Waals surface area contributed by atoms with E-state index in [4.69, 9.17) is 19.9 Å². The van der Waals surface area contributed by atoms with Gasteiger partial charge in [-0.25, -0.2) is 0 Å². The van der Waals surface area contributed by atoms with E-state index in [1.165, 1.54) is 0 Å². The van der Waals surface area contributed by atoms with E-state index < -0.39 is 0 Å². The largest absolute Gasteiger partial charge is 0.490 e. The van der Waals surface area contributed by atoms with Gasteiger partial charge < -0.3 is 19.9 Å². The predicted molar refractivity (Wildman–Crippen MR) is 72.3 cm³/mol. The fourth-order valence-electron chi connectivity index (χ4n) is 1.54. The second-order valence-electron chi connectivity index (χ2n) is 4.11. The Labute approximate surface area is 109 Å². The van der Waals surface area contributed by atoms with E-state index in [9.17, 15) is 0 Å². The van der Waals surface area contributed by atoms with Crippen LogP contribution in [0.2, 0.25) is 0 Å². The average Bonchev–Trinajstić information content (AvgIpc) is 2.38. The summed E-state index contributed by atoms with van der Waals surface area (Å²) in [6, 6.07) is 5.93. The minimum Gasteiger partial charge on any atom is -0.490 e. The van der Waals surface area contributed by atoms with Gasteiger partial charge in [0.15, 0.2) is 11.5 Å². The molecule has 0 radical (unpaired) electrons. The molecule has 102 valence electrons. The summed E-state index contributed by atoms with van der Waals surface area (Å²) in [6.07, 6.45) is 0.901. The van der Waals surface area contributed by atoms with Gasteiger partial charge in [0.05, 0.1) is 12.7 Å². The lowest BCUT2D eigenvalue weighted by atomic mass is 10.1. The molecule has 2 N–H and O–H groups in total. The van der Waals surface area contributed by atoms with Crippen molar-refractivity contribution in [3.8, 4) is 11.5 Å². The zero-order valence-electron chi connectivity index (χ0n) is 11.4. The Hall–Kier alpha value is -1.26. The minimum absolute atomic E-state index is 0.0585. The molecule has 0 aliphatic rings. The van der Waals surface area contributed by atoms with Crippen LogP contribution in [0.3, 0.4) is 0 Å². The van der Waals surface area contributed by atoms with Gasteiger partial charge in [0.1, 0.15) is 6.61 Å². The molecule has 0 aliphatic carbocycles. The van der Waals surface area contributed by atoms with E-state index in [0.717, 1.165) is 23.5 Å². The van der Waals surface area contributed by atoms with E-state index in [1.54, 1.807) is 7.11 Å². The number of ether oxygens (including phenoxy) is 3. The Bertz CT molecular complexity index is 355. The number of benzene rings is 1. The molecule has 1 atom stereocenters. The van der Waals surface area contributed by atoms with Gasteiger partial charge in [-0.3, -0.25) is 0 Å². The molecule has 4 nitrogen and oxygen atoms in total. The van der Waals surface area contributed by atoms with Crippen molar-refractivity contribution in [2.24, 2.45) is 5.73 Å². The van der Waals surface area contributed by atoms with Crippen LogP contribution in [-0.2, 0) is 11.2 Å². The molecule has 0 saturated carbocycles. The summed E-state index contributed by atoms with van der Waals surface area (Å²) in [4.78, 5) is 0. The first-order valence-electron chi connectivity index (χ1n) is 6.32. The predicted octanol–water partition coefficient (Wildman–Crippen LogP) is 2.00. The highest BCUT2D eigenvalue weighted by molar-refractivity contribution is 5.43. The normalized spacial score (nSPS) is 12.2.